The molecule has 0 radical (unpaired) electrons. The quantitative estimate of drug-likeness (QED) is 0.302. The highest BCUT2D eigenvalue weighted by Gasteiger charge is 2.41. The Kier molecular flexibility index (Phi) is 7.20. The fraction of sp³-hybridized carbons (Fsp3) is 0.303. The predicted octanol–water partition coefficient (Wildman–Crippen LogP) is 3.76. The van der Waals surface area contributed by atoms with Gasteiger partial charge in [-0.3, -0.25) is 4.79 Å². The van der Waals surface area contributed by atoms with Crippen molar-refractivity contribution in [2.24, 2.45) is 0 Å². The molecule has 48 heavy (non-hydrogen) atoms. The van der Waals surface area contributed by atoms with Crippen LogP contribution in [0.4, 0.5) is 20.5 Å². The van der Waals surface area contributed by atoms with E-state index in [1.54, 1.807) is 25.3 Å². The van der Waals surface area contributed by atoms with Crippen LogP contribution in [-0.2, 0) is 16.1 Å². The van der Waals surface area contributed by atoms with E-state index in [1.165, 1.54) is 23.3 Å². The van der Waals surface area contributed by atoms with Gasteiger partial charge in [0.1, 0.15) is 35.5 Å². The van der Waals surface area contributed by atoms with Crippen molar-refractivity contribution < 1.29 is 18.3 Å². The molecule has 4 aromatic heterocycles. The molecule has 2 aromatic carbocycles. The van der Waals surface area contributed by atoms with Gasteiger partial charge >= 0.3 is 0 Å². The Balaban J connectivity index is 1.22. The zero-order valence-corrected chi connectivity index (χ0v) is 26.4. The SMILES string of the molecule is CO[C@@H]1CN(C)C(=O)[C@@H]2C[C@@H](CN2c2ncnc3c2cnn3-c2ccc(F)cc2F)Nc2nccc(n2)-c2cccc3nc(C)n(c23)C1. The first-order valence-electron chi connectivity index (χ1n) is 15.5. The van der Waals surface area contributed by atoms with Crippen molar-refractivity contribution in [3.8, 4) is 16.9 Å². The number of amides is 1. The van der Waals surface area contributed by atoms with Crippen LogP contribution in [0.3, 0.4) is 0 Å². The molecule has 0 aliphatic carbocycles. The van der Waals surface area contributed by atoms with Gasteiger partial charge in [0.15, 0.2) is 11.5 Å². The van der Waals surface area contributed by atoms with E-state index in [1.807, 2.05) is 36.1 Å². The first kappa shape index (κ1) is 29.8. The fourth-order valence-electron chi connectivity index (χ4n) is 6.85. The molecule has 6 heterocycles. The lowest BCUT2D eigenvalue weighted by Crippen LogP contribution is -2.47. The van der Waals surface area contributed by atoms with Gasteiger partial charge in [0.25, 0.3) is 0 Å². The zero-order chi connectivity index (χ0) is 33.1. The van der Waals surface area contributed by atoms with Crippen LogP contribution in [0, 0.1) is 18.6 Å². The number of carbonyl (C=O) groups excluding carboxylic acids is 1. The summed E-state index contributed by atoms with van der Waals surface area (Å²) in [5.74, 6) is 0.118. The van der Waals surface area contributed by atoms with Gasteiger partial charge in [-0.15, -0.1) is 0 Å². The van der Waals surface area contributed by atoms with E-state index in [0.29, 0.717) is 48.9 Å². The average Bonchev–Trinajstić information content (AvgIpc) is 3.79. The second kappa shape index (κ2) is 11.6. The van der Waals surface area contributed by atoms with Crippen LogP contribution >= 0.6 is 0 Å². The number of halogens is 2. The zero-order valence-electron chi connectivity index (χ0n) is 26.4. The predicted molar refractivity (Wildman–Crippen MR) is 174 cm³/mol. The third-order valence-corrected chi connectivity index (χ3v) is 9.14. The number of nitrogens with one attached hydrogen (secondary N) is 1. The van der Waals surface area contributed by atoms with Crippen molar-refractivity contribution in [2.75, 3.05) is 37.5 Å². The Labute approximate surface area is 273 Å². The monoisotopic (exact) mass is 651 g/mol. The van der Waals surface area contributed by atoms with Crippen LogP contribution in [0.2, 0.25) is 0 Å². The van der Waals surface area contributed by atoms with E-state index >= 15 is 0 Å². The summed E-state index contributed by atoms with van der Waals surface area (Å²) in [4.78, 5) is 41.1. The second-order valence-corrected chi connectivity index (χ2v) is 12.1. The number of hydrogen-bond donors (Lipinski definition) is 1. The van der Waals surface area contributed by atoms with Gasteiger partial charge in [-0.05, 0) is 37.6 Å². The van der Waals surface area contributed by atoms with Crippen LogP contribution in [0.15, 0.2) is 61.2 Å². The summed E-state index contributed by atoms with van der Waals surface area (Å²) in [6.07, 6.45) is 4.69. The minimum absolute atomic E-state index is 0.0421. The lowest BCUT2D eigenvalue weighted by atomic mass is 10.1. The fourth-order valence-corrected chi connectivity index (χ4v) is 6.85. The number of aromatic nitrogens is 8. The van der Waals surface area contributed by atoms with Gasteiger partial charge < -0.3 is 24.4 Å². The number of para-hydroxylation sites is 1. The van der Waals surface area contributed by atoms with Gasteiger partial charge in [-0.2, -0.15) is 5.10 Å². The molecule has 1 amide bonds. The topological polar surface area (TPSA) is 132 Å². The number of methoxy groups -OCH3 is 1. The number of rotatable bonds is 3. The summed E-state index contributed by atoms with van der Waals surface area (Å²) in [7, 11) is 3.41. The normalized spacial score (nSPS) is 19.9. The average molecular weight is 652 g/mol. The van der Waals surface area contributed by atoms with Crippen LogP contribution in [0.1, 0.15) is 12.2 Å². The van der Waals surface area contributed by atoms with E-state index in [0.717, 1.165) is 40.2 Å². The molecule has 1 fully saturated rings. The van der Waals surface area contributed by atoms with E-state index in [-0.39, 0.29) is 23.7 Å². The summed E-state index contributed by atoms with van der Waals surface area (Å²) in [5, 5.41) is 8.35. The Morgan fingerprint density at radius 3 is 2.73 bits per heavy atom. The van der Waals surface area contributed by atoms with E-state index in [2.05, 4.69) is 29.9 Å². The van der Waals surface area contributed by atoms with Crippen molar-refractivity contribution in [1.82, 2.24) is 44.2 Å². The van der Waals surface area contributed by atoms with Gasteiger partial charge in [0.05, 0.1) is 41.0 Å². The first-order valence-corrected chi connectivity index (χ1v) is 15.5. The molecule has 0 spiro atoms. The molecule has 8 rings (SSSR count). The van der Waals surface area contributed by atoms with E-state index < -0.39 is 17.7 Å². The van der Waals surface area contributed by atoms with Crippen LogP contribution < -0.4 is 10.2 Å². The summed E-state index contributed by atoms with van der Waals surface area (Å²) >= 11 is 0. The van der Waals surface area contributed by atoms with Crippen molar-refractivity contribution in [2.45, 2.75) is 38.1 Å². The number of aryl methyl sites for hydroxylation is 1. The van der Waals surface area contributed by atoms with Gasteiger partial charge in [-0.1, -0.05) is 12.1 Å². The molecule has 6 aromatic rings. The summed E-state index contributed by atoms with van der Waals surface area (Å²) in [6.45, 7) is 3.13. The second-order valence-electron chi connectivity index (χ2n) is 12.1. The molecule has 2 aliphatic heterocycles. The summed E-state index contributed by atoms with van der Waals surface area (Å²) in [5.41, 5.74) is 3.79. The third kappa shape index (κ3) is 4.97. The molecule has 244 valence electrons. The number of likely N-dealkylation sites (N-methyl/N-ethyl adjacent to an activating group) is 1. The summed E-state index contributed by atoms with van der Waals surface area (Å²) in [6, 6.07) is 10.2. The highest BCUT2D eigenvalue weighted by Crippen LogP contribution is 2.34. The molecule has 3 atom stereocenters. The standard InChI is InChI=1S/C33H31F2N11O2/c1-18-40-26-6-4-5-22-25-9-10-36-33(42-25)41-20-12-28(32(47)43(2)15-21(48-3)16-44(18)29(22)26)45(14-20)30-23-13-39-46(31(23)38-17-37-30)27-8-7-19(34)11-24(27)35/h4-11,13,17,20-21,28H,12,14-16H2,1-3H3,(H,36,41,42)/t20-,21+,28-/m0/s1. The molecule has 15 heteroatoms. The molecular formula is C33H31F2N11O2. The number of imidazole rings is 1. The Morgan fingerprint density at radius 2 is 1.90 bits per heavy atom. The Bertz CT molecular complexity index is 2200. The third-order valence-electron chi connectivity index (χ3n) is 9.14. The number of fused-ring (bicyclic) bond motifs is 6. The van der Waals surface area contributed by atoms with Gasteiger partial charge in [-0.25, -0.2) is 38.4 Å². The molecule has 0 saturated carbocycles. The Morgan fingerprint density at radius 1 is 1.02 bits per heavy atom. The van der Waals surface area contributed by atoms with E-state index in [4.69, 9.17) is 14.7 Å². The number of nitrogens with zero attached hydrogens (tertiary/aromatic N) is 10. The minimum atomic E-state index is -0.780. The van der Waals surface area contributed by atoms with Crippen LogP contribution in [0.25, 0.3) is 39.0 Å². The molecule has 0 unspecified atom stereocenters. The smallest absolute Gasteiger partial charge is 0.245 e. The lowest BCUT2D eigenvalue weighted by Gasteiger charge is -2.30. The maximum Gasteiger partial charge on any atom is 0.245 e. The molecule has 1 N–H and O–H groups in total. The molecule has 2 aliphatic rings. The van der Waals surface area contributed by atoms with Crippen molar-refractivity contribution in [3.63, 3.8) is 0 Å². The van der Waals surface area contributed by atoms with Gasteiger partial charge in [0, 0.05) is 51.1 Å². The largest absolute Gasteiger partial charge is 0.378 e. The van der Waals surface area contributed by atoms with Gasteiger partial charge in [0.2, 0.25) is 11.9 Å². The highest BCUT2D eigenvalue weighted by atomic mass is 19.1. The van der Waals surface area contributed by atoms with Crippen molar-refractivity contribution in [1.29, 1.82) is 0 Å². The number of benzene rings is 2. The number of anilines is 2. The number of ether oxygens (including phenoxy) is 1. The molecular weight excluding hydrogens is 620 g/mol. The maximum absolute atomic E-state index is 14.8. The number of carbonyl (C=O) groups is 1. The maximum atomic E-state index is 14.8. The Hall–Kier alpha value is -5.57. The van der Waals surface area contributed by atoms with E-state index in [9.17, 15) is 13.6 Å². The van der Waals surface area contributed by atoms with Crippen LogP contribution in [-0.4, -0.2) is 95.5 Å². The minimum Gasteiger partial charge on any atom is -0.378 e. The highest BCUT2D eigenvalue weighted by molar-refractivity contribution is 5.93. The lowest BCUT2D eigenvalue weighted by molar-refractivity contribution is -0.132. The molecule has 1 saturated heterocycles. The number of hydrogen-bond acceptors (Lipinski definition) is 10. The van der Waals surface area contributed by atoms with Crippen molar-refractivity contribution in [3.05, 3.63) is 78.6 Å². The molecule has 4 bridgehead atoms. The first-order chi connectivity index (χ1) is 23.3. The van der Waals surface area contributed by atoms with Crippen LogP contribution in [0.5, 0.6) is 0 Å². The molecule has 13 nitrogen and oxygen atoms in total. The van der Waals surface area contributed by atoms with Crippen molar-refractivity contribution >= 4 is 39.7 Å². The summed E-state index contributed by atoms with van der Waals surface area (Å²) < 4.78 is 37.8.